The van der Waals surface area contributed by atoms with Gasteiger partial charge in [0.05, 0.1) is 5.54 Å². The van der Waals surface area contributed by atoms with E-state index < -0.39 is 0 Å². The number of phenols is 1. The summed E-state index contributed by atoms with van der Waals surface area (Å²) in [6, 6.07) is 6.39. The molecular formula is C15H20BrNO2. The molecule has 1 saturated carbocycles. The minimum absolute atomic E-state index is 0.0615. The van der Waals surface area contributed by atoms with Gasteiger partial charge in [-0.25, -0.2) is 0 Å². The highest BCUT2D eigenvalue weighted by Crippen LogP contribution is 2.33. The molecule has 19 heavy (non-hydrogen) atoms. The highest BCUT2D eigenvalue weighted by atomic mass is 79.9. The fraction of sp³-hybridized carbons (Fsp3) is 0.533. The summed E-state index contributed by atoms with van der Waals surface area (Å²) in [5.74, 6) is 0.762. The van der Waals surface area contributed by atoms with Crippen LogP contribution < -0.4 is 5.32 Å². The third-order valence-electron chi connectivity index (χ3n) is 3.86. The summed E-state index contributed by atoms with van der Waals surface area (Å²) in [5.41, 5.74) is 0.462. The van der Waals surface area contributed by atoms with E-state index in [1.807, 2.05) is 0 Å². The largest absolute Gasteiger partial charge is 0.508 e. The van der Waals surface area contributed by atoms with Crippen LogP contribution in [-0.4, -0.2) is 21.9 Å². The molecule has 2 unspecified atom stereocenters. The summed E-state index contributed by atoms with van der Waals surface area (Å²) in [6.45, 7) is 2.24. The van der Waals surface area contributed by atoms with Gasteiger partial charge in [0.2, 0.25) is 0 Å². The zero-order chi connectivity index (χ0) is 13.9. The van der Waals surface area contributed by atoms with Crippen LogP contribution in [-0.2, 0) is 0 Å². The van der Waals surface area contributed by atoms with Crippen LogP contribution >= 0.6 is 15.9 Å². The van der Waals surface area contributed by atoms with Gasteiger partial charge >= 0.3 is 0 Å². The van der Waals surface area contributed by atoms with Gasteiger partial charge in [-0.1, -0.05) is 35.7 Å². The minimum atomic E-state index is -0.132. The van der Waals surface area contributed by atoms with E-state index in [9.17, 15) is 9.90 Å². The van der Waals surface area contributed by atoms with Gasteiger partial charge in [0.1, 0.15) is 5.75 Å². The Hall–Kier alpha value is -1.03. The molecule has 0 radical (unpaired) electrons. The SMILES string of the molecule is CC1CCCC(CBr)(NC(=O)c2ccc(O)cc2)C1. The molecule has 0 saturated heterocycles. The second kappa shape index (κ2) is 5.95. The molecule has 2 atom stereocenters. The molecule has 104 valence electrons. The highest BCUT2D eigenvalue weighted by molar-refractivity contribution is 9.09. The number of hydrogen-bond donors (Lipinski definition) is 2. The number of aromatic hydroxyl groups is 1. The fourth-order valence-corrected chi connectivity index (χ4v) is 3.50. The number of rotatable bonds is 3. The predicted octanol–water partition coefficient (Wildman–Crippen LogP) is 3.47. The normalized spacial score (nSPS) is 26.9. The maximum Gasteiger partial charge on any atom is 0.251 e. The van der Waals surface area contributed by atoms with Gasteiger partial charge in [0.15, 0.2) is 0 Å². The van der Waals surface area contributed by atoms with Crippen LogP contribution in [0.3, 0.4) is 0 Å². The first-order valence-corrected chi connectivity index (χ1v) is 7.84. The van der Waals surface area contributed by atoms with E-state index in [-0.39, 0.29) is 17.2 Å². The Morgan fingerprint density at radius 1 is 1.47 bits per heavy atom. The van der Waals surface area contributed by atoms with Crippen LogP contribution in [0.1, 0.15) is 43.0 Å². The summed E-state index contributed by atoms with van der Waals surface area (Å²) in [6.07, 6.45) is 4.43. The Bertz CT molecular complexity index is 446. The third kappa shape index (κ3) is 3.50. The van der Waals surface area contributed by atoms with Crippen molar-refractivity contribution in [3.05, 3.63) is 29.8 Å². The van der Waals surface area contributed by atoms with Crippen LogP contribution in [0.25, 0.3) is 0 Å². The van der Waals surface area contributed by atoms with E-state index in [2.05, 4.69) is 28.2 Å². The van der Waals surface area contributed by atoms with Crippen LogP contribution in [0.15, 0.2) is 24.3 Å². The Balaban J connectivity index is 2.09. The number of halogens is 1. The Labute approximate surface area is 122 Å². The summed E-state index contributed by atoms with van der Waals surface area (Å²) < 4.78 is 0. The maximum absolute atomic E-state index is 12.3. The van der Waals surface area contributed by atoms with E-state index in [1.54, 1.807) is 24.3 Å². The molecule has 0 spiro atoms. The molecule has 3 nitrogen and oxygen atoms in total. The monoisotopic (exact) mass is 325 g/mol. The quantitative estimate of drug-likeness (QED) is 0.836. The number of alkyl halides is 1. The minimum Gasteiger partial charge on any atom is -0.508 e. The molecule has 1 aromatic rings. The molecule has 4 heteroatoms. The molecule has 0 heterocycles. The second-order valence-electron chi connectivity index (χ2n) is 5.62. The van der Waals surface area contributed by atoms with Crippen molar-refractivity contribution >= 4 is 21.8 Å². The van der Waals surface area contributed by atoms with E-state index in [4.69, 9.17) is 0 Å². The van der Waals surface area contributed by atoms with E-state index in [0.29, 0.717) is 11.5 Å². The number of nitrogens with one attached hydrogen (secondary N) is 1. The lowest BCUT2D eigenvalue weighted by molar-refractivity contribution is 0.0869. The van der Waals surface area contributed by atoms with Gasteiger partial charge in [-0.3, -0.25) is 4.79 Å². The molecule has 2 N–H and O–H groups in total. The van der Waals surface area contributed by atoms with Crippen LogP contribution in [0.4, 0.5) is 0 Å². The van der Waals surface area contributed by atoms with Gasteiger partial charge in [-0.2, -0.15) is 0 Å². The second-order valence-corrected chi connectivity index (χ2v) is 6.18. The average molecular weight is 326 g/mol. The number of carbonyl (C=O) groups is 1. The molecule has 1 amide bonds. The molecular weight excluding hydrogens is 306 g/mol. The lowest BCUT2D eigenvalue weighted by Gasteiger charge is -2.39. The van der Waals surface area contributed by atoms with Gasteiger partial charge in [-0.05, 0) is 43.0 Å². The number of benzene rings is 1. The smallest absolute Gasteiger partial charge is 0.251 e. The molecule has 2 rings (SSSR count). The lowest BCUT2D eigenvalue weighted by atomic mass is 9.77. The van der Waals surface area contributed by atoms with Crippen molar-refractivity contribution in [2.75, 3.05) is 5.33 Å². The van der Waals surface area contributed by atoms with Crippen molar-refractivity contribution in [1.82, 2.24) is 5.32 Å². The first kappa shape index (κ1) is 14.4. The first-order valence-electron chi connectivity index (χ1n) is 6.72. The number of amides is 1. The number of hydrogen-bond acceptors (Lipinski definition) is 2. The van der Waals surface area contributed by atoms with E-state index in [0.717, 1.165) is 24.6 Å². The topological polar surface area (TPSA) is 49.3 Å². The van der Waals surface area contributed by atoms with Gasteiger partial charge < -0.3 is 10.4 Å². The van der Waals surface area contributed by atoms with Crippen LogP contribution in [0.2, 0.25) is 0 Å². The van der Waals surface area contributed by atoms with Crippen LogP contribution in [0, 0.1) is 5.92 Å². The standard InChI is InChI=1S/C15H20BrNO2/c1-11-3-2-8-15(9-11,10-16)17-14(19)12-4-6-13(18)7-5-12/h4-7,11,18H,2-3,8-10H2,1H3,(H,17,19). The predicted molar refractivity (Wildman–Crippen MR) is 79.7 cm³/mol. The Kier molecular flexibility index (Phi) is 4.50. The Morgan fingerprint density at radius 3 is 2.74 bits per heavy atom. The van der Waals surface area contributed by atoms with Gasteiger partial charge in [0.25, 0.3) is 5.91 Å². The molecule has 0 bridgehead atoms. The van der Waals surface area contributed by atoms with Crippen molar-refractivity contribution in [1.29, 1.82) is 0 Å². The number of phenolic OH excluding ortho intramolecular Hbond substituents is 1. The molecule has 1 aliphatic carbocycles. The molecule has 1 aliphatic rings. The van der Waals surface area contributed by atoms with Crippen molar-refractivity contribution in [3.63, 3.8) is 0 Å². The molecule has 1 fully saturated rings. The molecule has 1 aromatic carbocycles. The van der Waals surface area contributed by atoms with Crippen molar-refractivity contribution in [2.45, 2.75) is 38.1 Å². The maximum atomic E-state index is 12.3. The van der Waals surface area contributed by atoms with E-state index in [1.165, 1.54) is 6.42 Å². The fourth-order valence-electron chi connectivity index (χ4n) is 2.85. The van der Waals surface area contributed by atoms with Crippen LogP contribution in [0.5, 0.6) is 5.75 Å². The summed E-state index contributed by atoms with van der Waals surface area (Å²) in [5, 5.41) is 13.2. The summed E-state index contributed by atoms with van der Waals surface area (Å²) in [7, 11) is 0. The van der Waals surface area contributed by atoms with Gasteiger partial charge in [0, 0.05) is 10.9 Å². The Morgan fingerprint density at radius 2 is 2.16 bits per heavy atom. The van der Waals surface area contributed by atoms with Crippen molar-refractivity contribution < 1.29 is 9.90 Å². The first-order chi connectivity index (χ1) is 9.04. The average Bonchev–Trinajstić information content (AvgIpc) is 2.39. The van der Waals surface area contributed by atoms with E-state index >= 15 is 0 Å². The van der Waals surface area contributed by atoms with Gasteiger partial charge in [-0.15, -0.1) is 0 Å². The number of carbonyl (C=O) groups excluding carboxylic acids is 1. The molecule has 0 aliphatic heterocycles. The highest BCUT2D eigenvalue weighted by Gasteiger charge is 2.35. The van der Waals surface area contributed by atoms with Crippen molar-refractivity contribution in [2.24, 2.45) is 5.92 Å². The zero-order valence-electron chi connectivity index (χ0n) is 11.2. The summed E-state index contributed by atoms with van der Waals surface area (Å²) in [4.78, 5) is 12.3. The third-order valence-corrected chi connectivity index (χ3v) is 4.93. The summed E-state index contributed by atoms with van der Waals surface area (Å²) >= 11 is 3.55. The zero-order valence-corrected chi connectivity index (χ0v) is 12.7. The lowest BCUT2D eigenvalue weighted by Crippen LogP contribution is -2.52. The van der Waals surface area contributed by atoms with Crippen molar-refractivity contribution in [3.8, 4) is 5.75 Å². The molecule has 0 aromatic heterocycles.